The Morgan fingerprint density at radius 3 is 2.56 bits per heavy atom. The van der Waals surface area contributed by atoms with E-state index < -0.39 is 6.04 Å². The first-order chi connectivity index (χ1) is 12.9. The third kappa shape index (κ3) is 4.81. The second-order valence-electron chi connectivity index (χ2n) is 6.76. The molecular formula is C19H29N5O3. The van der Waals surface area contributed by atoms with E-state index in [4.69, 9.17) is 0 Å². The van der Waals surface area contributed by atoms with Gasteiger partial charge in [0, 0.05) is 38.3 Å². The summed E-state index contributed by atoms with van der Waals surface area (Å²) in [4.78, 5) is 49.4. The van der Waals surface area contributed by atoms with Gasteiger partial charge in [0.15, 0.2) is 0 Å². The first-order valence-electron chi connectivity index (χ1n) is 9.58. The lowest BCUT2D eigenvalue weighted by molar-refractivity contribution is -0.135. The molecular weight excluding hydrogens is 346 g/mol. The number of carbonyl (C=O) groups excluding carboxylic acids is 3. The van der Waals surface area contributed by atoms with Gasteiger partial charge in [0.25, 0.3) is 5.91 Å². The highest BCUT2D eigenvalue weighted by atomic mass is 16.2. The molecule has 0 bridgehead atoms. The van der Waals surface area contributed by atoms with E-state index in [1.54, 1.807) is 16.7 Å². The number of likely N-dealkylation sites (tertiary alicyclic amines) is 1. The Kier molecular flexibility index (Phi) is 7.27. The van der Waals surface area contributed by atoms with Crippen LogP contribution < -0.4 is 5.32 Å². The fourth-order valence-electron chi connectivity index (χ4n) is 3.43. The molecule has 1 aliphatic rings. The van der Waals surface area contributed by atoms with Gasteiger partial charge in [-0.3, -0.25) is 14.4 Å². The molecule has 1 aliphatic heterocycles. The normalized spacial score (nSPS) is 19.0. The lowest BCUT2D eigenvalue weighted by atomic mass is 10.1. The molecule has 3 amide bonds. The lowest BCUT2D eigenvalue weighted by Crippen LogP contribution is -2.48. The Labute approximate surface area is 160 Å². The Morgan fingerprint density at radius 2 is 1.96 bits per heavy atom. The highest BCUT2D eigenvalue weighted by Gasteiger charge is 2.42. The number of aryl methyl sites for hydroxylation is 1. The maximum Gasteiger partial charge on any atom is 0.258 e. The molecule has 1 N–H and O–H groups in total. The summed E-state index contributed by atoms with van der Waals surface area (Å²) in [5, 5.41) is 2.96. The fraction of sp³-hybridized carbons (Fsp3) is 0.632. The van der Waals surface area contributed by atoms with Crippen molar-refractivity contribution in [1.29, 1.82) is 0 Å². The van der Waals surface area contributed by atoms with E-state index in [0.29, 0.717) is 43.7 Å². The van der Waals surface area contributed by atoms with Crippen molar-refractivity contribution in [3.63, 3.8) is 0 Å². The van der Waals surface area contributed by atoms with Crippen molar-refractivity contribution in [3.8, 4) is 0 Å². The Bertz CT molecular complexity index is 690. The van der Waals surface area contributed by atoms with E-state index in [1.165, 1.54) is 12.5 Å². The summed E-state index contributed by atoms with van der Waals surface area (Å²) in [6, 6.07) is -0.827. The van der Waals surface area contributed by atoms with Crippen molar-refractivity contribution in [2.75, 3.05) is 19.6 Å². The maximum absolute atomic E-state index is 13.1. The molecule has 0 saturated carbocycles. The standard InChI is InChI=1S/C19H29N5O3/c1-5-8-17(25)22-14-9-16(19(27)23(6-2)7-3)24(11-14)18(26)15-10-20-12-21-13(15)4/h10,12,14,16H,5-9,11H2,1-4H3,(H,22,25). The molecule has 2 heterocycles. The number of aromatic nitrogens is 2. The second-order valence-corrected chi connectivity index (χ2v) is 6.76. The van der Waals surface area contributed by atoms with Crippen LogP contribution >= 0.6 is 0 Å². The van der Waals surface area contributed by atoms with Crippen molar-refractivity contribution < 1.29 is 14.4 Å². The Balaban J connectivity index is 2.26. The molecule has 2 atom stereocenters. The van der Waals surface area contributed by atoms with Gasteiger partial charge in [-0.25, -0.2) is 9.97 Å². The van der Waals surface area contributed by atoms with Crippen LogP contribution in [0.2, 0.25) is 0 Å². The summed E-state index contributed by atoms with van der Waals surface area (Å²) < 4.78 is 0. The van der Waals surface area contributed by atoms with Crippen molar-refractivity contribution in [1.82, 2.24) is 25.1 Å². The summed E-state index contributed by atoms with van der Waals surface area (Å²) in [5.74, 6) is -0.411. The lowest BCUT2D eigenvalue weighted by Gasteiger charge is -2.29. The highest BCUT2D eigenvalue weighted by Crippen LogP contribution is 2.23. The summed E-state index contributed by atoms with van der Waals surface area (Å²) in [6.07, 6.45) is 4.48. The first kappa shape index (κ1) is 20.8. The minimum absolute atomic E-state index is 0.0509. The molecule has 0 radical (unpaired) electrons. The number of nitrogens with one attached hydrogen (secondary N) is 1. The van der Waals surface area contributed by atoms with Gasteiger partial charge >= 0.3 is 0 Å². The Morgan fingerprint density at radius 1 is 1.26 bits per heavy atom. The molecule has 1 aromatic heterocycles. The van der Waals surface area contributed by atoms with Crippen LogP contribution in [0.4, 0.5) is 0 Å². The van der Waals surface area contributed by atoms with Crippen LogP contribution in [0.1, 0.15) is 56.1 Å². The van der Waals surface area contributed by atoms with Gasteiger partial charge in [0.1, 0.15) is 12.4 Å². The van der Waals surface area contributed by atoms with Gasteiger partial charge in [-0.1, -0.05) is 6.92 Å². The van der Waals surface area contributed by atoms with E-state index in [-0.39, 0.29) is 23.8 Å². The molecule has 8 nitrogen and oxygen atoms in total. The average Bonchev–Trinajstić information content (AvgIpc) is 3.06. The van der Waals surface area contributed by atoms with E-state index in [0.717, 1.165) is 6.42 Å². The van der Waals surface area contributed by atoms with E-state index in [9.17, 15) is 14.4 Å². The van der Waals surface area contributed by atoms with Crippen molar-refractivity contribution >= 4 is 17.7 Å². The zero-order valence-electron chi connectivity index (χ0n) is 16.6. The van der Waals surface area contributed by atoms with Gasteiger partial charge in [0.2, 0.25) is 11.8 Å². The number of hydrogen-bond donors (Lipinski definition) is 1. The van der Waals surface area contributed by atoms with Crippen molar-refractivity contribution in [2.24, 2.45) is 0 Å². The third-order valence-electron chi connectivity index (χ3n) is 4.91. The predicted molar refractivity (Wildman–Crippen MR) is 101 cm³/mol. The van der Waals surface area contributed by atoms with Crippen LogP contribution in [0, 0.1) is 6.92 Å². The first-order valence-corrected chi connectivity index (χ1v) is 9.58. The zero-order chi connectivity index (χ0) is 20.0. The van der Waals surface area contributed by atoms with Crippen LogP contribution in [-0.4, -0.2) is 69.2 Å². The molecule has 1 saturated heterocycles. The van der Waals surface area contributed by atoms with Gasteiger partial charge < -0.3 is 15.1 Å². The number of likely N-dealkylation sites (N-methyl/N-ethyl adjacent to an activating group) is 1. The van der Waals surface area contributed by atoms with E-state index in [1.807, 2.05) is 20.8 Å². The summed E-state index contributed by atoms with van der Waals surface area (Å²) in [6.45, 7) is 8.97. The second kappa shape index (κ2) is 9.43. The molecule has 0 spiro atoms. The maximum atomic E-state index is 13.1. The number of carbonyl (C=O) groups is 3. The Hall–Kier alpha value is -2.51. The predicted octanol–water partition coefficient (Wildman–Crippen LogP) is 1.15. The number of hydrogen-bond acceptors (Lipinski definition) is 5. The number of nitrogens with zero attached hydrogens (tertiary/aromatic N) is 4. The molecule has 1 aromatic rings. The number of amides is 3. The molecule has 8 heteroatoms. The summed E-state index contributed by atoms with van der Waals surface area (Å²) >= 11 is 0. The van der Waals surface area contributed by atoms with Crippen LogP contribution in [-0.2, 0) is 9.59 Å². The molecule has 148 valence electrons. The topological polar surface area (TPSA) is 95.5 Å². The van der Waals surface area contributed by atoms with Crippen molar-refractivity contribution in [3.05, 3.63) is 23.8 Å². The molecule has 0 aliphatic carbocycles. The van der Waals surface area contributed by atoms with Gasteiger partial charge in [0.05, 0.1) is 11.3 Å². The molecule has 2 rings (SSSR count). The monoisotopic (exact) mass is 375 g/mol. The largest absolute Gasteiger partial charge is 0.351 e. The molecule has 27 heavy (non-hydrogen) atoms. The fourth-order valence-corrected chi connectivity index (χ4v) is 3.43. The van der Waals surface area contributed by atoms with Crippen LogP contribution in [0.25, 0.3) is 0 Å². The molecule has 0 aromatic carbocycles. The third-order valence-corrected chi connectivity index (χ3v) is 4.91. The van der Waals surface area contributed by atoms with Gasteiger partial charge in [-0.2, -0.15) is 0 Å². The summed E-state index contributed by atoms with van der Waals surface area (Å²) in [7, 11) is 0. The zero-order valence-corrected chi connectivity index (χ0v) is 16.6. The highest BCUT2D eigenvalue weighted by molar-refractivity contribution is 5.98. The van der Waals surface area contributed by atoms with Crippen LogP contribution in [0.5, 0.6) is 0 Å². The minimum Gasteiger partial charge on any atom is -0.351 e. The molecule has 1 fully saturated rings. The van der Waals surface area contributed by atoms with Crippen LogP contribution in [0.3, 0.4) is 0 Å². The van der Waals surface area contributed by atoms with E-state index in [2.05, 4.69) is 15.3 Å². The van der Waals surface area contributed by atoms with Gasteiger partial charge in [-0.05, 0) is 33.6 Å². The van der Waals surface area contributed by atoms with E-state index >= 15 is 0 Å². The van der Waals surface area contributed by atoms with Gasteiger partial charge in [-0.15, -0.1) is 0 Å². The minimum atomic E-state index is -0.594. The quantitative estimate of drug-likeness (QED) is 0.771. The van der Waals surface area contributed by atoms with Crippen molar-refractivity contribution in [2.45, 2.75) is 59.0 Å². The molecule has 2 unspecified atom stereocenters. The average molecular weight is 375 g/mol. The SMILES string of the molecule is CCCC(=O)NC1CC(C(=O)N(CC)CC)N(C(=O)c2cncnc2C)C1. The smallest absolute Gasteiger partial charge is 0.258 e. The summed E-state index contributed by atoms with van der Waals surface area (Å²) in [5.41, 5.74) is 0.956. The number of rotatable bonds is 7. The van der Waals surface area contributed by atoms with Crippen LogP contribution in [0.15, 0.2) is 12.5 Å².